The molecule has 0 bridgehead atoms. The number of likely N-dealkylation sites (tertiary alicyclic amines) is 1. The lowest BCUT2D eigenvalue weighted by molar-refractivity contribution is 0.0601. The van der Waals surface area contributed by atoms with Gasteiger partial charge in [0, 0.05) is 6.04 Å². The summed E-state index contributed by atoms with van der Waals surface area (Å²) in [6, 6.07) is 5.59. The number of carbonyl (C=O) groups excluding carboxylic acids is 1. The minimum atomic E-state index is -0.341. The maximum atomic E-state index is 11.5. The standard InChI is InChI=1S/C14H21N3O2/c1-17-7-5-11(6-8-17)16-13-9-10(14(18)19-2)3-4-12(13)15/h3-4,9,11,16H,5-8,15H2,1-2H3. The van der Waals surface area contributed by atoms with Crippen LogP contribution in [0.5, 0.6) is 0 Å². The first kappa shape index (κ1) is 13.7. The number of esters is 1. The zero-order valence-corrected chi connectivity index (χ0v) is 11.5. The summed E-state index contributed by atoms with van der Waals surface area (Å²) in [5, 5.41) is 3.43. The summed E-state index contributed by atoms with van der Waals surface area (Å²) in [5.74, 6) is -0.341. The number of nitrogens with two attached hydrogens (primary N) is 1. The number of ether oxygens (including phenoxy) is 1. The van der Waals surface area contributed by atoms with Gasteiger partial charge in [-0.25, -0.2) is 4.79 Å². The lowest BCUT2D eigenvalue weighted by atomic mass is 10.0. The third kappa shape index (κ3) is 3.38. The molecule has 1 saturated heterocycles. The number of hydrogen-bond acceptors (Lipinski definition) is 5. The van der Waals surface area contributed by atoms with Gasteiger partial charge in [-0.05, 0) is 51.2 Å². The highest BCUT2D eigenvalue weighted by Gasteiger charge is 2.17. The van der Waals surface area contributed by atoms with E-state index >= 15 is 0 Å². The normalized spacial score (nSPS) is 17.2. The van der Waals surface area contributed by atoms with Crippen molar-refractivity contribution < 1.29 is 9.53 Å². The van der Waals surface area contributed by atoms with Crippen molar-refractivity contribution in [1.82, 2.24) is 4.90 Å². The molecule has 0 aliphatic carbocycles. The molecule has 19 heavy (non-hydrogen) atoms. The average Bonchev–Trinajstić information content (AvgIpc) is 2.43. The monoisotopic (exact) mass is 263 g/mol. The molecule has 1 fully saturated rings. The second kappa shape index (κ2) is 5.93. The first-order valence-electron chi connectivity index (χ1n) is 6.53. The number of hydrogen-bond donors (Lipinski definition) is 2. The number of nitrogens with one attached hydrogen (secondary N) is 1. The van der Waals surface area contributed by atoms with Crippen molar-refractivity contribution in [1.29, 1.82) is 0 Å². The Morgan fingerprint density at radius 3 is 2.74 bits per heavy atom. The predicted octanol–water partition coefficient (Wildman–Crippen LogP) is 1.56. The first-order chi connectivity index (χ1) is 9.10. The van der Waals surface area contributed by atoms with Gasteiger partial charge in [0.1, 0.15) is 0 Å². The van der Waals surface area contributed by atoms with Crippen molar-refractivity contribution in [3.63, 3.8) is 0 Å². The predicted molar refractivity (Wildman–Crippen MR) is 76.3 cm³/mol. The van der Waals surface area contributed by atoms with Crippen LogP contribution in [0.25, 0.3) is 0 Å². The molecule has 3 N–H and O–H groups in total. The van der Waals surface area contributed by atoms with Gasteiger partial charge in [0.15, 0.2) is 0 Å². The zero-order chi connectivity index (χ0) is 13.8. The van der Waals surface area contributed by atoms with E-state index in [1.807, 2.05) is 0 Å². The summed E-state index contributed by atoms with van der Waals surface area (Å²) in [6.45, 7) is 2.16. The molecule has 0 spiro atoms. The van der Waals surface area contributed by atoms with E-state index in [1.54, 1.807) is 18.2 Å². The van der Waals surface area contributed by atoms with E-state index in [9.17, 15) is 4.79 Å². The van der Waals surface area contributed by atoms with Gasteiger partial charge in [-0.15, -0.1) is 0 Å². The molecular formula is C14H21N3O2. The zero-order valence-electron chi connectivity index (χ0n) is 11.5. The van der Waals surface area contributed by atoms with Crippen LogP contribution in [0.1, 0.15) is 23.2 Å². The molecule has 104 valence electrons. The Kier molecular flexibility index (Phi) is 4.27. The van der Waals surface area contributed by atoms with Crippen LogP contribution < -0.4 is 11.1 Å². The Balaban J connectivity index is 2.08. The molecular weight excluding hydrogens is 242 g/mol. The Labute approximate surface area is 113 Å². The fraction of sp³-hybridized carbons (Fsp3) is 0.500. The van der Waals surface area contributed by atoms with E-state index in [0.717, 1.165) is 31.6 Å². The van der Waals surface area contributed by atoms with Gasteiger partial charge in [-0.3, -0.25) is 0 Å². The van der Waals surface area contributed by atoms with Crippen LogP contribution in [0.2, 0.25) is 0 Å². The second-order valence-electron chi connectivity index (χ2n) is 5.02. The molecule has 1 aliphatic heterocycles. The van der Waals surface area contributed by atoms with Gasteiger partial charge >= 0.3 is 5.97 Å². The van der Waals surface area contributed by atoms with E-state index < -0.39 is 0 Å². The van der Waals surface area contributed by atoms with Crippen LogP contribution in [0, 0.1) is 0 Å². The van der Waals surface area contributed by atoms with Crippen LogP contribution in [0.4, 0.5) is 11.4 Å². The molecule has 5 heteroatoms. The summed E-state index contributed by atoms with van der Waals surface area (Å²) >= 11 is 0. The van der Waals surface area contributed by atoms with Crippen LogP contribution in [0.3, 0.4) is 0 Å². The Hall–Kier alpha value is -1.75. The number of nitrogen functional groups attached to an aromatic ring is 1. The van der Waals surface area contributed by atoms with Gasteiger partial charge in [-0.2, -0.15) is 0 Å². The summed E-state index contributed by atoms with van der Waals surface area (Å²) in [5.41, 5.74) is 7.95. The van der Waals surface area contributed by atoms with Crippen molar-refractivity contribution in [2.45, 2.75) is 18.9 Å². The van der Waals surface area contributed by atoms with Gasteiger partial charge in [0.05, 0.1) is 24.0 Å². The molecule has 0 atom stereocenters. The van der Waals surface area contributed by atoms with Gasteiger partial charge in [0.2, 0.25) is 0 Å². The Morgan fingerprint density at radius 1 is 1.42 bits per heavy atom. The minimum Gasteiger partial charge on any atom is -0.465 e. The summed E-state index contributed by atoms with van der Waals surface area (Å²) in [4.78, 5) is 13.8. The lowest BCUT2D eigenvalue weighted by Crippen LogP contribution is -2.36. The highest BCUT2D eigenvalue weighted by molar-refractivity contribution is 5.91. The molecule has 0 saturated carbocycles. The molecule has 0 radical (unpaired) electrons. The first-order valence-corrected chi connectivity index (χ1v) is 6.53. The molecule has 1 aliphatic rings. The van der Waals surface area contributed by atoms with Crippen molar-refractivity contribution in [2.75, 3.05) is 38.3 Å². The average molecular weight is 263 g/mol. The Morgan fingerprint density at radius 2 is 2.11 bits per heavy atom. The number of benzene rings is 1. The van der Waals surface area contributed by atoms with Crippen molar-refractivity contribution in [2.24, 2.45) is 0 Å². The maximum absolute atomic E-state index is 11.5. The lowest BCUT2D eigenvalue weighted by Gasteiger charge is -2.30. The molecule has 1 heterocycles. The van der Waals surface area contributed by atoms with Gasteiger partial charge in [-0.1, -0.05) is 0 Å². The highest BCUT2D eigenvalue weighted by Crippen LogP contribution is 2.23. The minimum absolute atomic E-state index is 0.341. The third-order valence-corrected chi connectivity index (χ3v) is 3.55. The molecule has 1 aromatic rings. The van der Waals surface area contributed by atoms with Crippen molar-refractivity contribution in [3.05, 3.63) is 23.8 Å². The van der Waals surface area contributed by atoms with E-state index in [0.29, 0.717) is 17.3 Å². The van der Waals surface area contributed by atoms with Crippen LogP contribution in [-0.2, 0) is 4.74 Å². The van der Waals surface area contributed by atoms with Crippen molar-refractivity contribution >= 4 is 17.3 Å². The fourth-order valence-electron chi connectivity index (χ4n) is 2.30. The number of carbonyl (C=O) groups is 1. The number of methoxy groups -OCH3 is 1. The molecule has 0 aromatic heterocycles. The summed E-state index contributed by atoms with van der Waals surface area (Å²) in [6.07, 6.45) is 2.16. The van der Waals surface area contributed by atoms with Crippen LogP contribution >= 0.6 is 0 Å². The van der Waals surface area contributed by atoms with Crippen molar-refractivity contribution in [3.8, 4) is 0 Å². The molecule has 1 aromatic carbocycles. The number of rotatable bonds is 3. The largest absolute Gasteiger partial charge is 0.465 e. The summed E-state index contributed by atoms with van der Waals surface area (Å²) in [7, 11) is 3.51. The summed E-state index contributed by atoms with van der Waals surface area (Å²) < 4.78 is 4.72. The van der Waals surface area contributed by atoms with E-state index in [-0.39, 0.29) is 5.97 Å². The smallest absolute Gasteiger partial charge is 0.337 e. The molecule has 2 rings (SSSR count). The third-order valence-electron chi connectivity index (χ3n) is 3.55. The molecule has 0 unspecified atom stereocenters. The highest BCUT2D eigenvalue weighted by atomic mass is 16.5. The number of piperidine rings is 1. The van der Waals surface area contributed by atoms with E-state index in [1.165, 1.54) is 7.11 Å². The van der Waals surface area contributed by atoms with E-state index in [2.05, 4.69) is 17.3 Å². The van der Waals surface area contributed by atoms with E-state index in [4.69, 9.17) is 10.5 Å². The quantitative estimate of drug-likeness (QED) is 0.640. The molecule has 5 nitrogen and oxygen atoms in total. The molecule has 0 amide bonds. The number of anilines is 2. The topological polar surface area (TPSA) is 67.6 Å². The van der Waals surface area contributed by atoms with Gasteiger partial charge < -0.3 is 20.7 Å². The Bertz CT molecular complexity index is 454. The van der Waals surface area contributed by atoms with Crippen LogP contribution in [0.15, 0.2) is 18.2 Å². The fourth-order valence-corrected chi connectivity index (χ4v) is 2.30. The number of nitrogens with zero attached hydrogens (tertiary/aromatic N) is 1. The van der Waals surface area contributed by atoms with Crippen LogP contribution in [-0.4, -0.2) is 44.2 Å². The maximum Gasteiger partial charge on any atom is 0.337 e. The SMILES string of the molecule is COC(=O)c1ccc(N)c(NC2CCN(C)CC2)c1. The second-order valence-corrected chi connectivity index (χ2v) is 5.02. The van der Waals surface area contributed by atoms with Gasteiger partial charge in [0.25, 0.3) is 0 Å².